The second-order valence-electron chi connectivity index (χ2n) is 8.71. The number of piperidine rings is 1. The van der Waals surface area contributed by atoms with Gasteiger partial charge < -0.3 is 9.32 Å². The Kier molecular flexibility index (Phi) is 6.75. The zero-order valence-corrected chi connectivity index (χ0v) is 21.3. The lowest BCUT2D eigenvalue weighted by atomic mass is 9.90. The van der Waals surface area contributed by atoms with E-state index in [1.807, 2.05) is 11.0 Å². The Morgan fingerprint density at radius 3 is 2.26 bits per heavy atom. The van der Waals surface area contributed by atoms with Crippen LogP contribution in [0, 0.1) is 11.7 Å². The zero-order valence-electron chi connectivity index (χ0n) is 18.9. The summed E-state index contributed by atoms with van der Waals surface area (Å²) in [6.07, 6.45) is 2.83. The number of benzene rings is 3. The lowest BCUT2D eigenvalue weighted by Gasteiger charge is -2.32. The topological polar surface area (TPSA) is 63.4 Å². The third-order valence-corrected chi connectivity index (χ3v) is 8.51. The van der Waals surface area contributed by atoms with Crippen LogP contribution in [0.3, 0.4) is 0 Å². The second-order valence-corrected chi connectivity index (χ2v) is 11.5. The van der Waals surface area contributed by atoms with Crippen LogP contribution in [0.1, 0.15) is 18.4 Å². The van der Waals surface area contributed by atoms with Crippen molar-refractivity contribution in [2.24, 2.45) is 5.92 Å². The molecule has 0 bridgehead atoms. The molecule has 1 aliphatic rings. The molecule has 1 saturated heterocycles. The summed E-state index contributed by atoms with van der Waals surface area (Å²) in [5, 5.41) is -0.111. The van der Waals surface area contributed by atoms with Crippen molar-refractivity contribution in [2.45, 2.75) is 29.2 Å². The van der Waals surface area contributed by atoms with Gasteiger partial charge in [-0.25, -0.2) is 12.8 Å². The Balaban J connectivity index is 1.46. The van der Waals surface area contributed by atoms with Gasteiger partial charge in [0.25, 0.3) is 0 Å². The minimum absolute atomic E-state index is 0.111. The smallest absolute Gasteiger partial charge is 0.236 e. The number of anilines is 1. The van der Waals surface area contributed by atoms with Gasteiger partial charge in [0.15, 0.2) is 0 Å². The molecular weight excluding hydrogens is 531 g/mol. The molecule has 180 valence electrons. The molecule has 0 amide bonds. The third-order valence-electron chi connectivity index (χ3n) is 6.32. The predicted molar refractivity (Wildman–Crippen MR) is 137 cm³/mol. The molecule has 4 aromatic rings. The molecule has 2 heterocycles. The van der Waals surface area contributed by atoms with Gasteiger partial charge in [0.1, 0.15) is 5.82 Å². The number of aromatic nitrogens is 1. The maximum absolute atomic E-state index is 13.6. The third kappa shape index (κ3) is 5.18. The van der Waals surface area contributed by atoms with Crippen molar-refractivity contribution in [2.75, 3.05) is 18.0 Å². The van der Waals surface area contributed by atoms with Gasteiger partial charge in [0.05, 0.1) is 4.90 Å². The second kappa shape index (κ2) is 9.95. The van der Waals surface area contributed by atoms with Crippen LogP contribution in [0.15, 0.2) is 97.7 Å². The molecule has 0 N–H and O–H groups in total. The van der Waals surface area contributed by atoms with Gasteiger partial charge in [-0.15, -0.1) is 0 Å². The van der Waals surface area contributed by atoms with Crippen molar-refractivity contribution in [1.29, 1.82) is 0 Å². The van der Waals surface area contributed by atoms with Gasteiger partial charge in [-0.1, -0.05) is 46.3 Å². The summed E-state index contributed by atoms with van der Waals surface area (Å²) in [6, 6.07) is 22.5. The standard InChI is InChI=1S/C27H24BrFN2O3S/c28-22-8-12-24(13-9-22)35(32,33)26-27(34-25(30-26)21-6-10-23(29)11-7-21)31-16-14-20(15-17-31)18-19-4-2-1-3-5-19/h1-13,20H,14-18H2. The fourth-order valence-electron chi connectivity index (χ4n) is 4.40. The minimum Gasteiger partial charge on any atom is -0.419 e. The molecule has 0 aliphatic carbocycles. The Morgan fingerprint density at radius 1 is 0.943 bits per heavy atom. The molecule has 8 heteroatoms. The highest BCUT2D eigenvalue weighted by Crippen LogP contribution is 2.37. The van der Waals surface area contributed by atoms with Crippen LogP contribution in [-0.4, -0.2) is 26.5 Å². The monoisotopic (exact) mass is 554 g/mol. The molecule has 0 atom stereocenters. The first-order chi connectivity index (χ1) is 16.9. The van der Waals surface area contributed by atoms with E-state index in [-0.39, 0.29) is 27.5 Å². The summed E-state index contributed by atoms with van der Waals surface area (Å²) in [5.74, 6) is 0.524. The van der Waals surface area contributed by atoms with E-state index in [0.717, 1.165) is 23.7 Å². The first-order valence-corrected chi connectivity index (χ1v) is 13.7. The minimum atomic E-state index is -3.93. The first-order valence-electron chi connectivity index (χ1n) is 11.5. The number of hydrogen-bond acceptors (Lipinski definition) is 5. The van der Waals surface area contributed by atoms with Gasteiger partial charge >= 0.3 is 0 Å². The summed E-state index contributed by atoms with van der Waals surface area (Å²) < 4.78 is 47.5. The van der Waals surface area contributed by atoms with Gasteiger partial charge in [0, 0.05) is 23.1 Å². The van der Waals surface area contributed by atoms with Crippen LogP contribution < -0.4 is 4.90 Å². The van der Waals surface area contributed by atoms with Crippen molar-refractivity contribution in [3.63, 3.8) is 0 Å². The Hall–Kier alpha value is -2.97. The summed E-state index contributed by atoms with van der Waals surface area (Å²) in [6.45, 7) is 1.33. The highest BCUT2D eigenvalue weighted by Gasteiger charge is 2.33. The molecule has 0 radical (unpaired) electrons. The van der Waals surface area contributed by atoms with Crippen LogP contribution >= 0.6 is 15.9 Å². The highest BCUT2D eigenvalue weighted by molar-refractivity contribution is 9.10. The van der Waals surface area contributed by atoms with E-state index in [1.54, 1.807) is 24.3 Å². The summed E-state index contributed by atoms with van der Waals surface area (Å²) in [5.41, 5.74) is 1.83. The van der Waals surface area contributed by atoms with E-state index < -0.39 is 9.84 Å². The largest absolute Gasteiger partial charge is 0.419 e. The van der Waals surface area contributed by atoms with Crippen molar-refractivity contribution in [3.8, 4) is 11.5 Å². The van der Waals surface area contributed by atoms with E-state index in [4.69, 9.17) is 4.42 Å². The van der Waals surface area contributed by atoms with Crippen LogP contribution in [0.5, 0.6) is 0 Å². The summed E-state index contributed by atoms with van der Waals surface area (Å²) >= 11 is 3.35. The number of hydrogen-bond donors (Lipinski definition) is 0. The highest BCUT2D eigenvalue weighted by atomic mass is 79.9. The normalized spacial score (nSPS) is 14.9. The fourth-order valence-corrected chi connectivity index (χ4v) is 5.99. The fraction of sp³-hybridized carbons (Fsp3) is 0.222. The molecule has 0 spiro atoms. The summed E-state index contributed by atoms with van der Waals surface area (Å²) in [4.78, 5) is 6.52. The molecule has 35 heavy (non-hydrogen) atoms. The number of rotatable bonds is 6. The zero-order chi connectivity index (χ0) is 24.4. The van der Waals surface area contributed by atoms with Crippen molar-refractivity contribution >= 4 is 31.7 Å². The maximum atomic E-state index is 13.6. The SMILES string of the molecule is O=S(=O)(c1ccc(Br)cc1)c1nc(-c2ccc(F)cc2)oc1N1CCC(Cc2ccccc2)CC1. The van der Waals surface area contributed by atoms with E-state index >= 15 is 0 Å². The molecule has 0 saturated carbocycles. The van der Waals surface area contributed by atoms with Gasteiger partial charge in [-0.05, 0) is 79.3 Å². The van der Waals surface area contributed by atoms with Gasteiger partial charge in [-0.2, -0.15) is 4.98 Å². The van der Waals surface area contributed by atoms with E-state index in [9.17, 15) is 12.8 Å². The lowest BCUT2D eigenvalue weighted by molar-refractivity contribution is 0.387. The molecule has 3 aromatic carbocycles. The first kappa shape index (κ1) is 23.8. The van der Waals surface area contributed by atoms with Crippen molar-refractivity contribution in [1.82, 2.24) is 4.98 Å². The molecular formula is C27H24BrFN2O3S. The van der Waals surface area contributed by atoms with Crippen molar-refractivity contribution < 1.29 is 17.2 Å². The van der Waals surface area contributed by atoms with E-state index in [2.05, 4.69) is 45.2 Å². The Labute approximate surface area is 212 Å². The van der Waals surface area contributed by atoms with Crippen LogP contribution in [0.2, 0.25) is 0 Å². The Bertz CT molecular complexity index is 1400. The van der Waals surface area contributed by atoms with Crippen LogP contribution in [0.4, 0.5) is 10.3 Å². The molecule has 0 unspecified atom stereocenters. The quantitative estimate of drug-likeness (QED) is 0.271. The average Bonchev–Trinajstić information content (AvgIpc) is 3.32. The van der Waals surface area contributed by atoms with E-state index in [1.165, 1.54) is 29.8 Å². The molecule has 1 aromatic heterocycles. The lowest BCUT2D eigenvalue weighted by Crippen LogP contribution is -2.34. The predicted octanol–water partition coefficient (Wildman–Crippen LogP) is 6.54. The molecule has 1 aliphatic heterocycles. The number of oxazole rings is 1. The van der Waals surface area contributed by atoms with Gasteiger partial charge in [0.2, 0.25) is 26.6 Å². The average molecular weight is 555 g/mol. The van der Waals surface area contributed by atoms with Crippen molar-refractivity contribution in [3.05, 3.63) is 94.7 Å². The maximum Gasteiger partial charge on any atom is 0.236 e. The summed E-state index contributed by atoms with van der Waals surface area (Å²) in [7, 11) is -3.93. The van der Waals surface area contributed by atoms with Crippen LogP contribution in [-0.2, 0) is 16.3 Å². The molecule has 5 rings (SSSR count). The number of sulfone groups is 1. The van der Waals surface area contributed by atoms with E-state index in [0.29, 0.717) is 24.6 Å². The number of nitrogens with zero attached hydrogens (tertiary/aromatic N) is 2. The Morgan fingerprint density at radius 2 is 1.60 bits per heavy atom. The molecule has 5 nitrogen and oxygen atoms in total. The number of halogens is 2. The van der Waals surface area contributed by atoms with Crippen LogP contribution in [0.25, 0.3) is 11.5 Å². The molecule has 1 fully saturated rings. The van der Waals surface area contributed by atoms with Gasteiger partial charge in [-0.3, -0.25) is 0 Å².